The molecule has 2 heteroatoms. The largest absolute Gasteiger partial charge is 0.459 e. The van der Waals surface area contributed by atoms with Gasteiger partial charge < -0.3 is 4.74 Å². The molecule has 1 saturated carbocycles. The Kier molecular flexibility index (Phi) is 7.69. The van der Waals surface area contributed by atoms with Crippen LogP contribution >= 0.6 is 0 Å². The molecule has 0 aliphatic heterocycles. The van der Waals surface area contributed by atoms with E-state index in [2.05, 4.69) is 44.7 Å². The second-order valence-electron chi connectivity index (χ2n) is 8.56. The number of rotatable bonds is 8. The van der Waals surface area contributed by atoms with Gasteiger partial charge in [0, 0.05) is 0 Å². The van der Waals surface area contributed by atoms with E-state index >= 15 is 0 Å². The minimum Gasteiger partial charge on any atom is -0.459 e. The van der Waals surface area contributed by atoms with E-state index in [-0.39, 0.29) is 12.1 Å². The third-order valence-electron chi connectivity index (χ3n) is 6.26. The van der Waals surface area contributed by atoms with Gasteiger partial charge in [0.05, 0.1) is 5.56 Å². The van der Waals surface area contributed by atoms with Crippen LogP contribution in [0.1, 0.15) is 68.3 Å². The molecule has 1 fully saturated rings. The lowest BCUT2D eigenvalue weighted by molar-refractivity contribution is 0.0167. The minimum atomic E-state index is -0.201. The van der Waals surface area contributed by atoms with Gasteiger partial charge in [-0.1, -0.05) is 62.7 Å². The maximum Gasteiger partial charge on any atom is 0.338 e. The van der Waals surface area contributed by atoms with E-state index < -0.39 is 0 Å². The third-order valence-corrected chi connectivity index (χ3v) is 6.26. The Hall–Kier alpha value is -2.35. The number of ether oxygens (including phenoxy) is 1. The average molecular weight is 391 g/mol. The van der Waals surface area contributed by atoms with Crippen molar-refractivity contribution < 1.29 is 9.53 Å². The number of carbonyl (C=O) groups is 1. The monoisotopic (exact) mass is 390 g/mol. The predicted octanol–water partition coefficient (Wildman–Crippen LogP) is 7.23. The molecule has 1 unspecified atom stereocenters. The van der Waals surface area contributed by atoms with Crippen LogP contribution < -0.4 is 0 Å². The molecule has 0 aromatic heterocycles. The summed E-state index contributed by atoms with van der Waals surface area (Å²) in [6.45, 7) is 8.35. The molecule has 1 aliphatic rings. The van der Waals surface area contributed by atoms with Gasteiger partial charge in [-0.15, -0.1) is 6.58 Å². The third kappa shape index (κ3) is 6.06. The van der Waals surface area contributed by atoms with E-state index in [4.69, 9.17) is 4.74 Å². The van der Waals surface area contributed by atoms with Crippen molar-refractivity contribution in [3.63, 3.8) is 0 Å². The molecule has 0 radical (unpaired) electrons. The van der Waals surface area contributed by atoms with Gasteiger partial charge in [0.15, 0.2) is 0 Å². The Morgan fingerprint density at radius 2 is 1.62 bits per heavy atom. The SMILES string of the molecule is C=CCC1CCC(OC(=O)c2ccc(-c3ccc(CC(C)CC)cc3)cc2)CC1. The van der Waals surface area contributed by atoms with Crippen molar-refractivity contribution in [2.45, 2.75) is 64.9 Å². The highest BCUT2D eigenvalue weighted by atomic mass is 16.5. The van der Waals surface area contributed by atoms with Crippen LogP contribution in [-0.2, 0) is 11.2 Å². The van der Waals surface area contributed by atoms with Gasteiger partial charge in [0.25, 0.3) is 0 Å². The Morgan fingerprint density at radius 1 is 1.03 bits per heavy atom. The smallest absolute Gasteiger partial charge is 0.338 e. The number of hydrogen-bond acceptors (Lipinski definition) is 2. The maximum absolute atomic E-state index is 12.5. The average Bonchev–Trinajstić information content (AvgIpc) is 2.76. The van der Waals surface area contributed by atoms with E-state index in [9.17, 15) is 4.79 Å². The van der Waals surface area contributed by atoms with Crippen LogP contribution in [0.25, 0.3) is 11.1 Å². The fourth-order valence-corrected chi connectivity index (χ4v) is 4.12. The minimum absolute atomic E-state index is 0.0568. The molecule has 0 heterocycles. The summed E-state index contributed by atoms with van der Waals surface area (Å²) in [6, 6.07) is 16.6. The summed E-state index contributed by atoms with van der Waals surface area (Å²) in [6.07, 6.45) is 9.62. The van der Waals surface area contributed by atoms with Crippen LogP contribution in [0.3, 0.4) is 0 Å². The Bertz CT molecular complexity index is 780. The topological polar surface area (TPSA) is 26.3 Å². The summed E-state index contributed by atoms with van der Waals surface area (Å²) in [7, 11) is 0. The molecule has 0 bridgehead atoms. The number of carbonyl (C=O) groups excluding carboxylic acids is 1. The molecule has 154 valence electrons. The second kappa shape index (κ2) is 10.4. The van der Waals surface area contributed by atoms with Crippen LogP contribution in [0.2, 0.25) is 0 Å². The van der Waals surface area contributed by atoms with Gasteiger partial charge in [-0.2, -0.15) is 0 Å². The molecule has 3 rings (SSSR count). The maximum atomic E-state index is 12.5. The normalized spacial score (nSPS) is 20.1. The van der Waals surface area contributed by atoms with Gasteiger partial charge in [-0.3, -0.25) is 0 Å². The van der Waals surface area contributed by atoms with Gasteiger partial charge in [-0.25, -0.2) is 4.79 Å². The van der Waals surface area contributed by atoms with Gasteiger partial charge in [0.2, 0.25) is 0 Å². The molecule has 1 atom stereocenters. The van der Waals surface area contributed by atoms with Crippen LogP contribution in [-0.4, -0.2) is 12.1 Å². The number of hydrogen-bond donors (Lipinski definition) is 0. The van der Waals surface area contributed by atoms with Crippen molar-refractivity contribution in [2.24, 2.45) is 11.8 Å². The first-order valence-electron chi connectivity index (χ1n) is 11.1. The highest BCUT2D eigenvalue weighted by Crippen LogP contribution is 2.29. The van der Waals surface area contributed by atoms with Crippen LogP contribution in [0.15, 0.2) is 61.2 Å². The second-order valence-corrected chi connectivity index (χ2v) is 8.56. The van der Waals surface area contributed by atoms with Crippen LogP contribution in [0, 0.1) is 11.8 Å². The molecule has 1 aliphatic carbocycles. The molecule has 0 spiro atoms. The zero-order chi connectivity index (χ0) is 20.6. The summed E-state index contributed by atoms with van der Waals surface area (Å²) in [5.74, 6) is 1.22. The zero-order valence-electron chi connectivity index (χ0n) is 17.9. The molecule has 0 saturated heterocycles. The Morgan fingerprint density at radius 3 is 2.17 bits per heavy atom. The molecule has 0 N–H and O–H groups in total. The lowest BCUT2D eigenvalue weighted by Gasteiger charge is -2.27. The molecule has 2 aromatic carbocycles. The summed E-state index contributed by atoms with van der Waals surface area (Å²) in [4.78, 5) is 12.5. The van der Waals surface area contributed by atoms with Crippen LogP contribution in [0.4, 0.5) is 0 Å². The van der Waals surface area contributed by atoms with Crippen molar-refractivity contribution in [1.82, 2.24) is 0 Å². The summed E-state index contributed by atoms with van der Waals surface area (Å²) >= 11 is 0. The van der Waals surface area contributed by atoms with E-state index in [1.54, 1.807) is 0 Å². The molecule has 0 amide bonds. The number of benzene rings is 2. The standard InChI is InChI=1S/C27H34O2/c1-4-6-21-9-17-26(18-10-21)29-27(28)25-15-13-24(14-16-25)23-11-7-22(8-12-23)19-20(3)5-2/h4,7-8,11-16,20-21,26H,1,5-6,9-10,17-19H2,2-3H3. The van der Waals surface area contributed by atoms with Gasteiger partial charge in [0.1, 0.15) is 6.10 Å². The molecular weight excluding hydrogens is 356 g/mol. The lowest BCUT2D eigenvalue weighted by Crippen LogP contribution is -2.24. The fraction of sp³-hybridized carbons (Fsp3) is 0.444. The first kappa shape index (κ1) is 21.4. The molecule has 29 heavy (non-hydrogen) atoms. The lowest BCUT2D eigenvalue weighted by atomic mass is 9.85. The first-order chi connectivity index (χ1) is 14.1. The van der Waals surface area contributed by atoms with Gasteiger partial charge in [-0.05, 0) is 79.2 Å². The predicted molar refractivity (Wildman–Crippen MR) is 121 cm³/mol. The summed E-state index contributed by atoms with van der Waals surface area (Å²) < 4.78 is 5.75. The molecular formula is C27H34O2. The van der Waals surface area contributed by atoms with Crippen molar-refractivity contribution in [2.75, 3.05) is 0 Å². The number of esters is 1. The van der Waals surface area contributed by atoms with E-state index in [0.29, 0.717) is 17.4 Å². The van der Waals surface area contributed by atoms with E-state index in [1.165, 1.54) is 17.5 Å². The van der Waals surface area contributed by atoms with E-state index in [0.717, 1.165) is 44.1 Å². The fourth-order valence-electron chi connectivity index (χ4n) is 4.12. The highest BCUT2D eigenvalue weighted by molar-refractivity contribution is 5.90. The van der Waals surface area contributed by atoms with Crippen molar-refractivity contribution in [3.05, 3.63) is 72.3 Å². The number of allylic oxidation sites excluding steroid dienone is 1. The Balaban J connectivity index is 1.55. The first-order valence-corrected chi connectivity index (χ1v) is 11.1. The highest BCUT2D eigenvalue weighted by Gasteiger charge is 2.23. The van der Waals surface area contributed by atoms with Gasteiger partial charge >= 0.3 is 5.97 Å². The summed E-state index contributed by atoms with van der Waals surface area (Å²) in [5.41, 5.74) is 4.32. The van der Waals surface area contributed by atoms with E-state index in [1.807, 2.05) is 30.3 Å². The molecule has 2 aromatic rings. The van der Waals surface area contributed by atoms with Crippen molar-refractivity contribution >= 4 is 5.97 Å². The van der Waals surface area contributed by atoms with Crippen molar-refractivity contribution in [3.8, 4) is 11.1 Å². The summed E-state index contributed by atoms with van der Waals surface area (Å²) in [5, 5.41) is 0. The Labute approximate surface area is 176 Å². The quantitative estimate of drug-likeness (QED) is 0.351. The van der Waals surface area contributed by atoms with Crippen LogP contribution in [0.5, 0.6) is 0 Å². The zero-order valence-corrected chi connectivity index (χ0v) is 17.9. The molecule has 2 nitrogen and oxygen atoms in total. The van der Waals surface area contributed by atoms with Crippen molar-refractivity contribution in [1.29, 1.82) is 0 Å².